The second-order valence-corrected chi connectivity index (χ2v) is 6.51. The Kier molecular flexibility index (Phi) is 3.10. The molecular formula is C20H20. The zero-order chi connectivity index (χ0) is 14.2. The average Bonchev–Trinajstić information content (AvgIpc) is 2.42. The lowest BCUT2D eigenvalue weighted by molar-refractivity contribution is 0.547. The van der Waals surface area contributed by atoms with Crippen LogP contribution in [0, 0.1) is 5.41 Å². The minimum atomic E-state index is 0.221. The number of allylic oxidation sites excluding steroid dienone is 1. The Labute approximate surface area is 120 Å². The van der Waals surface area contributed by atoms with Gasteiger partial charge in [-0.2, -0.15) is 0 Å². The normalized spacial score (nSPS) is 12.6. The zero-order valence-corrected chi connectivity index (χ0v) is 12.4. The second-order valence-electron chi connectivity index (χ2n) is 6.51. The van der Waals surface area contributed by atoms with Crippen LogP contribution in [0.15, 0.2) is 60.7 Å². The van der Waals surface area contributed by atoms with Gasteiger partial charge in [0.05, 0.1) is 0 Å². The van der Waals surface area contributed by atoms with Crippen molar-refractivity contribution in [3.05, 3.63) is 66.2 Å². The molecule has 0 aliphatic heterocycles. The predicted octanol–water partition coefficient (Wildman–Crippen LogP) is 6.05. The van der Waals surface area contributed by atoms with E-state index in [9.17, 15) is 0 Å². The van der Waals surface area contributed by atoms with Crippen molar-refractivity contribution < 1.29 is 0 Å². The highest BCUT2D eigenvalue weighted by Gasteiger charge is 2.04. The van der Waals surface area contributed by atoms with Crippen molar-refractivity contribution in [3.63, 3.8) is 0 Å². The van der Waals surface area contributed by atoms with Gasteiger partial charge in [0.2, 0.25) is 0 Å². The molecule has 0 saturated heterocycles. The summed E-state index contributed by atoms with van der Waals surface area (Å²) < 4.78 is 0. The molecule has 0 fully saturated rings. The molecule has 0 radical (unpaired) electrons. The highest BCUT2D eigenvalue weighted by atomic mass is 14.1. The molecular weight excluding hydrogens is 240 g/mol. The standard InChI is InChI=1S/C20H20/c1-20(2,3)11-10-15-8-9-18-13-16-6-4-5-7-17(16)14-19(18)12-15/h4-14H,1-3H3/b11-10+. The van der Waals surface area contributed by atoms with Gasteiger partial charge in [-0.25, -0.2) is 0 Å². The average molecular weight is 260 g/mol. The number of hydrogen-bond donors (Lipinski definition) is 0. The van der Waals surface area contributed by atoms with Gasteiger partial charge in [0.1, 0.15) is 0 Å². The molecule has 0 nitrogen and oxygen atoms in total. The van der Waals surface area contributed by atoms with E-state index < -0.39 is 0 Å². The van der Waals surface area contributed by atoms with Crippen LogP contribution < -0.4 is 0 Å². The molecule has 3 aromatic rings. The number of fused-ring (bicyclic) bond motifs is 2. The number of hydrogen-bond acceptors (Lipinski definition) is 0. The molecule has 0 aliphatic carbocycles. The van der Waals surface area contributed by atoms with Crippen molar-refractivity contribution in [2.24, 2.45) is 5.41 Å². The molecule has 0 unspecified atom stereocenters. The van der Waals surface area contributed by atoms with Gasteiger partial charge in [0, 0.05) is 0 Å². The minimum absolute atomic E-state index is 0.221. The fourth-order valence-electron chi connectivity index (χ4n) is 2.41. The molecule has 0 atom stereocenters. The van der Waals surface area contributed by atoms with Crippen LogP contribution in [0.2, 0.25) is 0 Å². The molecule has 3 aromatic carbocycles. The minimum Gasteiger partial charge on any atom is -0.0785 e. The Morgan fingerprint density at radius 3 is 1.95 bits per heavy atom. The van der Waals surface area contributed by atoms with Crippen molar-refractivity contribution in [3.8, 4) is 0 Å². The van der Waals surface area contributed by atoms with Gasteiger partial charge in [0.25, 0.3) is 0 Å². The molecule has 20 heavy (non-hydrogen) atoms. The van der Waals surface area contributed by atoms with Crippen LogP contribution in [-0.2, 0) is 0 Å². The smallest absolute Gasteiger partial charge is 0.0172 e. The maximum absolute atomic E-state index is 2.28. The van der Waals surface area contributed by atoms with E-state index in [-0.39, 0.29) is 5.41 Å². The summed E-state index contributed by atoms with van der Waals surface area (Å²) in [6.07, 6.45) is 4.48. The first-order valence-electron chi connectivity index (χ1n) is 7.13. The summed E-state index contributed by atoms with van der Waals surface area (Å²) in [5.41, 5.74) is 1.49. The highest BCUT2D eigenvalue weighted by molar-refractivity contribution is 5.98. The molecule has 100 valence electrons. The summed E-state index contributed by atoms with van der Waals surface area (Å²) >= 11 is 0. The Morgan fingerprint density at radius 1 is 0.700 bits per heavy atom. The van der Waals surface area contributed by atoms with E-state index in [0.29, 0.717) is 0 Å². The SMILES string of the molecule is CC(C)(C)/C=C/c1ccc2cc3ccccc3cc2c1. The molecule has 0 heterocycles. The highest BCUT2D eigenvalue weighted by Crippen LogP contribution is 2.25. The van der Waals surface area contributed by atoms with Crippen molar-refractivity contribution >= 4 is 27.6 Å². The van der Waals surface area contributed by atoms with E-state index in [2.05, 4.69) is 87.5 Å². The Balaban J connectivity index is 2.11. The van der Waals surface area contributed by atoms with Gasteiger partial charge in [-0.1, -0.05) is 69.3 Å². The van der Waals surface area contributed by atoms with Crippen molar-refractivity contribution in [1.82, 2.24) is 0 Å². The summed E-state index contributed by atoms with van der Waals surface area (Å²) in [6.45, 7) is 6.66. The lowest BCUT2D eigenvalue weighted by Crippen LogP contribution is -1.97. The van der Waals surface area contributed by atoms with Crippen LogP contribution in [0.25, 0.3) is 27.6 Å². The van der Waals surface area contributed by atoms with E-state index in [1.54, 1.807) is 0 Å². The lowest BCUT2D eigenvalue weighted by atomic mass is 9.94. The van der Waals surface area contributed by atoms with E-state index in [4.69, 9.17) is 0 Å². The molecule has 3 rings (SSSR count). The van der Waals surface area contributed by atoms with Crippen LogP contribution in [0.4, 0.5) is 0 Å². The molecule has 0 heteroatoms. The monoisotopic (exact) mass is 260 g/mol. The van der Waals surface area contributed by atoms with Crippen molar-refractivity contribution in [2.75, 3.05) is 0 Å². The van der Waals surface area contributed by atoms with Crippen molar-refractivity contribution in [1.29, 1.82) is 0 Å². The predicted molar refractivity (Wildman–Crippen MR) is 89.9 cm³/mol. The van der Waals surface area contributed by atoms with E-state index >= 15 is 0 Å². The quantitative estimate of drug-likeness (QED) is 0.467. The third kappa shape index (κ3) is 2.75. The maximum Gasteiger partial charge on any atom is -0.0172 e. The third-order valence-electron chi connectivity index (χ3n) is 3.50. The molecule has 0 aliphatic rings. The maximum atomic E-state index is 2.28. The first kappa shape index (κ1) is 12.9. The number of benzene rings is 3. The molecule has 0 amide bonds. The van der Waals surface area contributed by atoms with Crippen LogP contribution in [0.1, 0.15) is 26.3 Å². The Morgan fingerprint density at radius 2 is 1.30 bits per heavy atom. The molecule has 0 N–H and O–H groups in total. The van der Waals surface area contributed by atoms with Gasteiger partial charge in [-0.05, 0) is 50.7 Å². The third-order valence-corrected chi connectivity index (χ3v) is 3.50. The summed E-state index contributed by atoms with van der Waals surface area (Å²) in [5.74, 6) is 0. The summed E-state index contributed by atoms with van der Waals surface area (Å²) in [5, 5.41) is 5.21. The first-order chi connectivity index (χ1) is 9.51. The van der Waals surface area contributed by atoms with Crippen LogP contribution in [0.5, 0.6) is 0 Å². The molecule has 0 aromatic heterocycles. The van der Waals surface area contributed by atoms with Gasteiger partial charge in [-0.15, -0.1) is 0 Å². The van der Waals surface area contributed by atoms with Gasteiger partial charge in [0.15, 0.2) is 0 Å². The first-order valence-corrected chi connectivity index (χ1v) is 7.13. The van der Waals surface area contributed by atoms with E-state index in [1.165, 1.54) is 27.1 Å². The molecule has 0 spiro atoms. The molecule has 0 saturated carbocycles. The van der Waals surface area contributed by atoms with Crippen LogP contribution in [-0.4, -0.2) is 0 Å². The number of rotatable bonds is 1. The Bertz CT molecular complexity index is 786. The molecule has 0 bridgehead atoms. The van der Waals surface area contributed by atoms with Gasteiger partial charge < -0.3 is 0 Å². The van der Waals surface area contributed by atoms with Gasteiger partial charge in [-0.3, -0.25) is 0 Å². The fraction of sp³-hybridized carbons (Fsp3) is 0.200. The van der Waals surface area contributed by atoms with Gasteiger partial charge >= 0.3 is 0 Å². The van der Waals surface area contributed by atoms with E-state index in [1.807, 2.05) is 0 Å². The lowest BCUT2D eigenvalue weighted by Gasteiger charge is -2.11. The Hall–Kier alpha value is -2.08. The largest absolute Gasteiger partial charge is 0.0785 e. The second kappa shape index (κ2) is 4.79. The topological polar surface area (TPSA) is 0 Å². The summed E-state index contributed by atoms with van der Waals surface area (Å²) in [7, 11) is 0. The van der Waals surface area contributed by atoms with Crippen LogP contribution in [0.3, 0.4) is 0 Å². The fourth-order valence-corrected chi connectivity index (χ4v) is 2.41. The zero-order valence-electron chi connectivity index (χ0n) is 12.4. The van der Waals surface area contributed by atoms with Crippen LogP contribution >= 0.6 is 0 Å². The summed E-state index contributed by atoms with van der Waals surface area (Å²) in [4.78, 5) is 0. The summed E-state index contributed by atoms with van der Waals surface area (Å²) in [6, 6.07) is 19.7. The van der Waals surface area contributed by atoms with Crippen molar-refractivity contribution in [2.45, 2.75) is 20.8 Å². The van der Waals surface area contributed by atoms with E-state index in [0.717, 1.165) is 0 Å².